The molecule has 134 valence electrons. The van der Waals surface area contributed by atoms with Crippen LogP contribution in [0.3, 0.4) is 0 Å². The Morgan fingerprint density at radius 3 is 1.92 bits per heavy atom. The molecule has 1 saturated carbocycles. The molecular weight excluding hydrogens is 338 g/mol. The fourth-order valence-corrected chi connectivity index (χ4v) is 2.65. The molecule has 1 aliphatic rings. The van der Waals surface area contributed by atoms with E-state index < -0.39 is 35.2 Å². The summed E-state index contributed by atoms with van der Waals surface area (Å²) in [6, 6.07) is 0.144. The minimum absolute atomic E-state index is 0.0155. The second-order valence-corrected chi connectivity index (χ2v) is 5.78. The van der Waals surface area contributed by atoms with Crippen molar-refractivity contribution in [2.45, 2.75) is 38.0 Å². The number of alkyl halides is 6. The van der Waals surface area contributed by atoms with Gasteiger partial charge in [-0.15, -0.1) is 0 Å². The minimum atomic E-state index is -4.95. The Morgan fingerprint density at radius 1 is 0.958 bits per heavy atom. The second kappa shape index (κ2) is 6.90. The molecule has 1 aromatic rings. The van der Waals surface area contributed by atoms with Crippen molar-refractivity contribution >= 4 is 11.7 Å². The molecule has 24 heavy (non-hydrogen) atoms. The predicted molar refractivity (Wildman–Crippen MR) is 75.4 cm³/mol. The van der Waals surface area contributed by atoms with Crippen molar-refractivity contribution in [3.63, 3.8) is 0 Å². The number of hydrogen-bond donors (Lipinski definition) is 2. The number of amides is 2. The molecule has 2 N–H and O–H groups in total. The highest BCUT2D eigenvalue weighted by molar-refractivity contribution is 5.89. The molecule has 0 aromatic heterocycles. The van der Waals surface area contributed by atoms with E-state index in [2.05, 4.69) is 5.32 Å². The number of nitrogens with one attached hydrogen (secondary N) is 2. The lowest BCUT2D eigenvalue weighted by atomic mass is 10.1. The third kappa shape index (κ3) is 5.04. The average molecular weight is 354 g/mol. The zero-order valence-corrected chi connectivity index (χ0v) is 12.5. The summed E-state index contributed by atoms with van der Waals surface area (Å²) in [4.78, 5) is 11.7. The molecule has 2 rings (SSSR count). The van der Waals surface area contributed by atoms with Gasteiger partial charge in [-0.05, 0) is 37.0 Å². The first-order valence-electron chi connectivity index (χ1n) is 7.40. The van der Waals surface area contributed by atoms with Gasteiger partial charge in [0.1, 0.15) is 0 Å². The lowest BCUT2D eigenvalue weighted by molar-refractivity contribution is -0.143. The van der Waals surface area contributed by atoms with Crippen LogP contribution in [0.1, 0.15) is 36.8 Å². The fraction of sp³-hybridized carbons (Fsp3) is 0.533. The van der Waals surface area contributed by atoms with Gasteiger partial charge in [0, 0.05) is 12.2 Å². The molecule has 1 aliphatic carbocycles. The maximum absolute atomic E-state index is 12.7. The van der Waals surface area contributed by atoms with Gasteiger partial charge in [0.2, 0.25) is 0 Å². The van der Waals surface area contributed by atoms with Gasteiger partial charge < -0.3 is 10.6 Å². The van der Waals surface area contributed by atoms with Crippen molar-refractivity contribution in [2.24, 2.45) is 5.92 Å². The number of carbonyl (C=O) groups is 1. The van der Waals surface area contributed by atoms with Gasteiger partial charge in [-0.25, -0.2) is 4.79 Å². The summed E-state index contributed by atoms with van der Waals surface area (Å²) in [5, 5.41) is 4.52. The minimum Gasteiger partial charge on any atom is -0.338 e. The third-order valence-corrected chi connectivity index (χ3v) is 3.87. The van der Waals surface area contributed by atoms with Gasteiger partial charge >= 0.3 is 18.4 Å². The van der Waals surface area contributed by atoms with Crippen LogP contribution in [-0.2, 0) is 12.4 Å². The molecule has 0 saturated heterocycles. The van der Waals surface area contributed by atoms with Crippen molar-refractivity contribution in [3.05, 3.63) is 29.3 Å². The molecule has 2 amide bonds. The van der Waals surface area contributed by atoms with E-state index in [9.17, 15) is 31.1 Å². The summed E-state index contributed by atoms with van der Waals surface area (Å²) in [5.41, 5.74) is -3.49. The number of carbonyl (C=O) groups excluding carboxylic acids is 1. The summed E-state index contributed by atoms with van der Waals surface area (Å²) >= 11 is 0. The molecule has 0 unspecified atom stereocenters. The van der Waals surface area contributed by atoms with Crippen molar-refractivity contribution in [1.29, 1.82) is 0 Å². The zero-order chi connectivity index (χ0) is 18.0. The standard InChI is InChI=1S/C15H16F6N2O/c16-14(17,18)10-5-11(15(19,20)21)7-12(6-10)23-13(24)22-8-9-3-1-2-4-9/h5-7,9H,1-4,8H2,(H2,22,23,24). The molecule has 0 atom stereocenters. The topological polar surface area (TPSA) is 41.1 Å². The highest BCUT2D eigenvalue weighted by atomic mass is 19.4. The Kier molecular flexibility index (Phi) is 5.29. The van der Waals surface area contributed by atoms with E-state index >= 15 is 0 Å². The van der Waals surface area contributed by atoms with Crippen molar-refractivity contribution in [3.8, 4) is 0 Å². The number of benzene rings is 1. The van der Waals surface area contributed by atoms with Crippen molar-refractivity contribution in [2.75, 3.05) is 11.9 Å². The van der Waals surface area contributed by atoms with Crippen LogP contribution in [0.25, 0.3) is 0 Å². The lowest BCUT2D eigenvalue weighted by Crippen LogP contribution is -2.32. The molecule has 1 aromatic carbocycles. The molecule has 3 nitrogen and oxygen atoms in total. The normalized spacial score (nSPS) is 16.2. The summed E-state index contributed by atoms with van der Waals surface area (Å²) in [6.45, 7) is 0.344. The first-order chi connectivity index (χ1) is 11.1. The van der Waals surface area contributed by atoms with Crippen LogP contribution >= 0.6 is 0 Å². The number of halogens is 6. The van der Waals surface area contributed by atoms with Crippen LogP contribution in [0.2, 0.25) is 0 Å². The summed E-state index contributed by atoms with van der Waals surface area (Å²) in [7, 11) is 0. The molecule has 0 aliphatic heterocycles. The maximum atomic E-state index is 12.7. The Morgan fingerprint density at radius 2 is 1.46 bits per heavy atom. The molecule has 1 fully saturated rings. The van der Waals surface area contributed by atoms with E-state index in [1.54, 1.807) is 0 Å². The van der Waals surface area contributed by atoms with Crippen LogP contribution in [0, 0.1) is 5.92 Å². The van der Waals surface area contributed by atoms with E-state index in [0.717, 1.165) is 25.7 Å². The van der Waals surface area contributed by atoms with Gasteiger partial charge in [-0.3, -0.25) is 0 Å². The first-order valence-corrected chi connectivity index (χ1v) is 7.40. The molecule has 9 heteroatoms. The van der Waals surface area contributed by atoms with Crippen LogP contribution < -0.4 is 10.6 Å². The smallest absolute Gasteiger partial charge is 0.338 e. The van der Waals surface area contributed by atoms with Crippen LogP contribution in [-0.4, -0.2) is 12.6 Å². The van der Waals surface area contributed by atoms with E-state index in [1.165, 1.54) is 0 Å². The molecule has 0 radical (unpaired) electrons. The van der Waals surface area contributed by atoms with E-state index in [0.29, 0.717) is 24.6 Å². The van der Waals surface area contributed by atoms with Gasteiger partial charge in [-0.1, -0.05) is 12.8 Å². The van der Waals surface area contributed by atoms with Gasteiger partial charge in [0.25, 0.3) is 0 Å². The Balaban J connectivity index is 2.11. The molecule has 0 bridgehead atoms. The Bertz CT molecular complexity index is 558. The quantitative estimate of drug-likeness (QED) is 0.734. The number of anilines is 1. The van der Waals surface area contributed by atoms with Crippen LogP contribution in [0.5, 0.6) is 0 Å². The summed E-state index contributed by atoms with van der Waals surface area (Å²) < 4.78 is 76.4. The summed E-state index contributed by atoms with van der Waals surface area (Å²) in [5.74, 6) is 0.294. The largest absolute Gasteiger partial charge is 0.416 e. The van der Waals surface area contributed by atoms with Gasteiger partial charge in [0.05, 0.1) is 11.1 Å². The van der Waals surface area contributed by atoms with E-state index in [4.69, 9.17) is 0 Å². The highest BCUT2D eigenvalue weighted by Crippen LogP contribution is 2.37. The number of urea groups is 1. The van der Waals surface area contributed by atoms with Gasteiger partial charge in [-0.2, -0.15) is 26.3 Å². The van der Waals surface area contributed by atoms with E-state index in [-0.39, 0.29) is 6.07 Å². The van der Waals surface area contributed by atoms with E-state index in [1.807, 2.05) is 5.32 Å². The average Bonchev–Trinajstić information content (AvgIpc) is 2.96. The molecule has 0 heterocycles. The third-order valence-electron chi connectivity index (χ3n) is 3.87. The first kappa shape index (κ1) is 18.4. The van der Waals surface area contributed by atoms with Crippen LogP contribution in [0.4, 0.5) is 36.8 Å². The Hall–Kier alpha value is -1.93. The fourth-order valence-electron chi connectivity index (χ4n) is 2.65. The monoisotopic (exact) mass is 354 g/mol. The van der Waals surface area contributed by atoms with Crippen LogP contribution in [0.15, 0.2) is 18.2 Å². The maximum Gasteiger partial charge on any atom is 0.416 e. The molecular formula is C15H16F6N2O. The second-order valence-electron chi connectivity index (χ2n) is 5.78. The van der Waals surface area contributed by atoms with Crippen molar-refractivity contribution in [1.82, 2.24) is 5.32 Å². The predicted octanol–water partition coefficient (Wildman–Crippen LogP) is 5.04. The highest BCUT2D eigenvalue weighted by Gasteiger charge is 2.37. The number of rotatable bonds is 3. The molecule has 0 spiro atoms. The SMILES string of the molecule is O=C(NCC1CCCC1)Nc1cc(C(F)(F)F)cc(C(F)(F)F)c1. The van der Waals surface area contributed by atoms with Crippen molar-refractivity contribution < 1.29 is 31.1 Å². The number of hydrogen-bond acceptors (Lipinski definition) is 1. The zero-order valence-electron chi connectivity index (χ0n) is 12.5. The summed E-state index contributed by atoms with van der Waals surface area (Å²) in [6.07, 6.45) is -5.90. The van der Waals surface area contributed by atoms with Gasteiger partial charge in [0.15, 0.2) is 0 Å². The lowest BCUT2D eigenvalue weighted by Gasteiger charge is -2.16. The Labute approximate surface area is 134 Å².